The van der Waals surface area contributed by atoms with E-state index >= 15 is 0 Å². The highest BCUT2D eigenvalue weighted by Crippen LogP contribution is 2.29. The zero-order chi connectivity index (χ0) is 15.3. The molecule has 1 unspecified atom stereocenters. The molecule has 22 heavy (non-hydrogen) atoms. The van der Waals surface area contributed by atoms with Gasteiger partial charge in [0.25, 0.3) is 0 Å². The first-order chi connectivity index (χ1) is 10.7. The fourth-order valence-corrected chi connectivity index (χ4v) is 3.48. The van der Waals surface area contributed by atoms with Crippen LogP contribution in [0.4, 0.5) is 0 Å². The summed E-state index contributed by atoms with van der Waals surface area (Å²) in [5.74, 6) is 0. The minimum absolute atomic E-state index is 0.0642. The summed E-state index contributed by atoms with van der Waals surface area (Å²) in [4.78, 5) is 24.9. The van der Waals surface area contributed by atoms with Crippen LogP contribution in [0.1, 0.15) is 19.0 Å². The molecule has 0 spiro atoms. The van der Waals surface area contributed by atoms with Crippen LogP contribution in [0.3, 0.4) is 0 Å². The van der Waals surface area contributed by atoms with E-state index < -0.39 is 0 Å². The maximum Gasteiger partial charge on any atom is 0.363 e. The van der Waals surface area contributed by atoms with Gasteiger partial charge in [0.2, 0.25) is 0 Å². The number of hydrogen-bond donors (Lipinski definition) is 0. The van der Waals surface area contributed by atoms with E-state index in [1.807, 2.05) is 28.8 Å². The molecule has 0 saturated carbocycles. The molecule has 1 atom stereocenters. The maximum atomic E-state index is 12.8. The zero-order valence-electron chi connectivity index (χ0n) is 12.7. The van der Waals surface area contributed by atoms with Gasteiger partial charge < -0.3 is 4.84 Å². The molecule has 3 aromatic rings. The highest BCUT2D eigenvalue weighted by atomic mass is 16.7. The van der Waals surface area contributed by atoms with Crippen LogP contribution in [0, 0.1) is 0 Å². The molecule has 6 nitrogen and oxygen atoms in total. The molecule has 2 aromatic heterocycles. The number of benzene rings is 1. The van der Waals surface area contributed by atoms with Crippen molar-refractivity contribution in [3.05, 3.63) is 40.9 Å². The Labute approximate surface area is 127 Å². The minimum atomic E-state index is -0.144. The summed E-state index contributed by atoms with van der Waals surface area (Å²) in [5, 5.41) is 0.929. The van der Waals surface area contributed by atoms with Crippen molar-refractivity contribution in [1.29, 1.82) is 0 Å². The molecule has 6 heteroatoms. The van der Waals surface area contributed by atoms with Crippen molar-refractivity contribution < 1.29 is 4.84 Å². The second-order valence-corrected chi connectivity index (χ2v) is 5.74. The Morgan fingerprint density at radius 3 is 2.86 bits per heavy atom. The SMILES string of the molecule is COn1c(=O)n(C2CCCN2C)c2cnc3ccccc3c21. The average Bonchev–Trinajstić information content (AvgIpc) is 3.07. The standard InChI is InChI=1S/C16H18N4O2/c1-18-9-5-8-14(18)19-13-10-17-12-7-4-3-6-11(12)15(13)20(22-2)16(19)21/h3-4,6-7,10,14H,5,8-9H2,1-2H3. The first kappa shape index (κ1) is 13.3. The van der Waals surface area contributed by atoms with Crippen molar-refractivity contribution >= 4 is 21.9 Å². The molecule has 0 radical (unpaired) electrons. The average molecular weight is 298 g/mol. The van der Waals surface area contributed by atoms with Crippen molar-refractivity contribution in [2.75, 3.05) is 20.7 Å². The summed E-state index contributed by atoms with van der Waals surface area (Å²) in [6.45, 7) is 0.998. The summed E-state index contributed by atoms with van der Waals surface area (Å²) in [6.07, 6.45) is 3.90. The Bertz CT molecular complexity index is 912. The predicted octanol–water partition coefficient (Wildman–Crippen LogP) is 1.63. The predicted molar refractivity (Wildman–Crippen MR) is 84.9 cm³/mol. The number of imidazole rings is 1. The summed E-state index contributed by atoms with van der Waals surface area (Å²) in [7, 11) is 3.58. The van der Waals surface area contributed by atoms with Crippen molar-refractivity contribution in [2.45, 2.75) is 19.0 Å². The molecule has 0 N–H and O–H groups in total. The van der Waals surface area contributed by atoms with Gasteiger partial charge in [-0.2, -0.15) is 0 Å². The van der Waals surface area contributed by atoms with E-state index in [1.54, 1.807) is 6.20 Å². The number of pyridine rings is 1. The monoisotopic (exact) mass is 298 g/mol. The Morgan fingerprint density at radius 2 is 2.14 bits per heavy atom. The van der Waals surface area contributed by atoms with Gasteiger partial charge in [-0.25, -0.2) is 4.79 Å². The lowest BCUT2D eigenvalue weighted by Crippen LogP contribution is -2.34. The number of hydrogen-bond acceptors (Lipinski definition) is 4. The van der Waals surface area contributed by atoms with Crippen LogP contribution in [0.2, 0.25) is 0 Å². The molecular formula is C16H18N4O2. The molecule has 1 saturated heterocycles. The third kappa shape index (κ3) is 1.70. The van der Waals surface area contributed by atoms with Gasteiger partial charge in [-0.1, -0.05) is 18.2 Å². The Morgan fingerprint density at radius 1 is 1.32 bits per heavy atom. The minimum Gasteiger partial charge on any atom is -0.412 e. The lowest BCUT2D eigenvalue weighted by Gasteiger charge is -2.20. The smallest absolute Gasteiger partial charge is 0.363 e. The summed E-state index contributed by atoms with van der Waals surface area (Å²) >= 11 is 0. The van der Waals surface area contributed by atoms with Gasteiger partial charge in [-0.3, -0.25) is 14.5 Å². The van der Waals surface area contributed by atoms with Gasteiger partial charge in [0.05, 0.1) is 23.4 Å². The van der Waals surface area contributed by atoms with Crippen LogP contribution < -0.4 is 10.5 Å². The highest BCUT2D eigenvalue weighted by Gasteiger charge is 2.28. The van der Waals surface area contributed by atoms with E-state index in [-0.39, 0.29) is 11.9 Å². The lowest BCUT2D eigenvalue weighted by molar-refractivity contribution is 0.156. The van der Waals surface area contributed by atoms with Crippen molar-refractivity contribution in [3.8, 4) is 0 Å². The van der Waals surface area contributed by atoms with Crippen LogP contribution >= 0.6 is 0 Å². The Balaban J connectivity index is 2.12. The molecule has 1 aliphatic heterocycles. The van der Waals surface area contributed by atoms with Crippen LogP contribution in [0.25, 0.3) is 21.9 Å². The Hall–Kier alpha value is -2.34. The third-order valence-corrected chi connectivity index (χ3v) is 4.53. The topological polar surface area (TPSA) is 52.3 Å². The van der Waals surface area contributed by atoms with Gasteiger partial charge in [0.15, 0.2) is 0 Å². The second kappa shape index (κ2) is 4.84. The fraction of sp³-hybridized carbons (Fsp3) is 0.375. The molecule has 0 amide bonds. The molecule has 1 aliphatic rings. The van der Waals surface area contributed by atoms with E-state index in [2.05, 4.69) is 16.9 Å². The van der Waals surface area contributed by atoms with Gasteiger partial charge in [0.1, 0.15) is 12.6 Å². The number of aromatic nitrogens is 3. The summed E-state index contributed by atoms with van der Waals surface area (Å²) in [5.41, 5.74) is 2.33. The quantitative estimate of drug-likeness (QED) is 0.721. The summed E-state index contributed by atoms with van der Waals surface area (Å²) in [6, 6.07) is 7.81. The Kier molecular flexibility index (Phi) is 2.94. The van der Waals surface area contributed by atoms with E-state index in [0.29, 0.717) is 0 Å². The molecular weight excluding hydrogens is 280 g/mol. The normalized spacial score (nSPS) is 19.3. The van der Waals surface area contributed by atoms with Crippen molar-refractivity contribution in [3.63, 3.8) is 0 Å². The first-order valence-electron chi connectivity index (χ1n) is 7.48. The number of rotatable bonds is 2. The second-order valence-electron chi connectivity index (χ2n) is 5.74. The van der Waals surface area contributed by atoms with Gasteiger partial charge in [-0.05, 0) is 32.5 Å². The number of para-hydroxylation sites is 1. The van der Waals surface area contributed by atoms with Crippen molar-refractivity contribution in [2.24, 2.45) is 0 Å². The van der Waals surface area contributed by atoms with E-state index in [9.17, 15) is 4.79 Å². The molecule has 3 heterocycles. The zero-order valence-corrected chi connectivity index (χ0v) is 12.7. The van der Waals surface area contributed by atoms with Crippen LogP contribution in [-0.2, 0) is 0 Å². The highest BCUT2D eigenvalue weighted by molar-refractivity contribution is 6.02. The number of fused-ring (bicyclic) bond motifs is 3. The van der Waals surface area contributed by atoms with E-state index in [4.69, 9.17) is 4.84 Å². The molecule has 0 aliphatic carbocycles. The van der Waals surface area contributed by atoms with Crippen molar-refractivity contribution in [1.82, 2.24) is 19.2 Å². The summed E-state index contributed by atoms with van der Waals surface area (Å²) < 4.78 is 3.19. The lowest BCUT2D eigenvalue weighted by atomic mass is 10.2. The van der Waals surface area contributed by atoms with Crippen LogP contribution in [-0.4, -0.2) is 39.9 Å². The van der Waals surface area contributed by atoms with Gasteiger partial charge in [-0.15, -0.1) is 4.73 Å². The number of likely N-dealkylation sites (tertiary alicyclic amines) is 1. The largest absolute Gasteiger partial charge is 0.412 e. The first-order valence-corrected chi connectivity index (χ1v) is 7.48. The van der Waals surface area contributed by atoms with E-state index in [1.165, 1.54) is 11.8 Å². The van der Waals surface area contributed by atoms with E-state index in [0.717, 1.165) is 41.3 Å². The number of nitrogens with zero attached hydrogens (tertiary/aromatic N) is 4. The molecule has 1 fully saturated rings. The van der Waals surface area contributed by atoms with Gasteiger partial charge >= 0.3 is 5.69 Å². The van der Waals surface area contributed by atoms with Crippen LogP contribution in [0.15, 0.2) is 35.3 Å². The molecule has 4 rings (SSSR count). The fourth-order valence-electron chi connectivity index (χ4n) is 3.48. The molecule has 114 valence electrons. The molecule has 0 bridgehead atoms. The maximum absolute atomic E-state index is 12.8. The third-order valence-electron chi connectivity index (χ3n) is 4.53. The van der Waals surface area contributed by atoms with Crippen LogP contribution in [0.5, 0.6) is 0 Å². The molecule has 1 aromatic carbocycles. The van der Waals surface area contributed by atoms with Gasteiger partial charge in [0, 0.05) is 5.39 Å².